The van der Waals surface area contributed by atoms with Gasteiger partial charge in [0.05, 0.1) is 17.0 Å². The Balaban J connectivity index is 2.24. The lowest BCUT2D eigenvalue weighted by Crippen LogP contribution is -2.06. The van der Waals surface area contributed by atoms with Crippen molar-refractivity contribution in [3.05, 3.63) is 21.9 Å². The van der Waals surface area contributed by atoms with Crippen LogP contribution in [0.15, 0.2) is 11.4 Å². The summed E-state index contributed by atoms with van der Waals surface area (Å²) in [6.45, 7) is 4.37. The molecule has 0 saturated carbocycles. The Morgan fingerprint density at radius 1 is 1.53 bits per heavy atom. The van der Waals surface area contributed by atoms with Gasteiger partial charge in [-0.25, -0.2) is 0 Å². The minimum absolute atomic E-state index is 0.138. The summed E-state index contributed by atoms with van der Waals surface area (Å²) in [5.74, 6) is -0.138. The van der Waals surface area contributed by atoms with Crippen molar-refractivity contribution in [3.63, 3.8) is 0 Å². The summed E-state index contributed by atoms with van der Waals surface area (Å²) in [7, 11) is 0. The predicted molar refractivity (Wildman–Crippen MR) is 64.8 cm³/mol. The monoisotopic (exact) mass is 240 g/mol. The third-order valence-corrected chi connectivity index (χ3v) is 4.34. The number of thiophene rings is 2. The molecule has 0 bridgehead atoms. The van der Waals surface area contributed by atoms with E-state index >= 15 is 0 Å². The zero-order valence-corrected chi connectivity index (χ0v) is 10.3. The molecule has 0 aliphatic heterocycles. The van der Waals surface area contributed by atoms with Gasteiger partial charge in [-0.05, 0) is 30.9 Å². The summed E-state index contributed by atoms with van der Waals surface area (Å²) < 4.78 is 6.24. The quantitative estimate of drug-likeness (QED) is 0.769. The number of rotatable bonds is 3. The zero-order valence-electron chi connectivity index (χ0n) is 8.70. The van der Waals surface area contributed by atoms with Crippen molar-refractivity contribution in [1.29, 1.82) is 0 Å². The van der Waals surface area contributed by atoms with Gasteiger partial charge < -0.3 is 4.74 Å². The standard InChI is InChI=1S/C11H12O2S2/c1-3-13-10(12)5-8-6-14-11-9(8)4-7(2)15-11/h4,6H,3,5H2,1-2H3. The molecule has 0 saturated heterocycles. The molecule has 0 atom stereocenters. The average Bonchev–Trinajstić information content (AvgIpc) is 2.67. The molecule has 2 aromatic rings. The molecule has 2 aromatic heterocycles. The molecule has 2 heterocycles. The first kappa shape index (κ1) is 10.6. The summed E-state index contributed by atoms with van der Waals surface area (Å²) in [6.07, 6.45) is 0.393. The van der Waals surface area contributed by atoms with Crippen molar-refractivity contribution in [2.45, 2.75) is 20.3 Å². The lowest BCUT2D eigenvalue weighted by Gasteiger charge is -1.99. The van der Waals surface area contributed by atoms with Crippen molar-refractivity contribution in [3.8, 4) is 0 Å². The summed E-state index contributed by atoms with van der Waals surface area (Å²) >= 11 is 3.49. The molecule has 2 rings (SSSR count). The van der Waals surface area contributed by atoms with Crippen LogP contribution < -0.4 is 0 Å². The Labute approximate surface area is 96.5 Å². The third kappa shape index (κ3) is 2.21. The highest BCUT2D eigenvalue weighted by molar-refractivity contribution is 7.37. The van der Waals surface area contributed by atoms with Crippen molar-refractivity contribution in [1.82, 2.24) is 0 Å². The smallest absolute Gasteiger partial charge is 0.310 e. The largest absolute Gasteiger partial charge is 0.466 e. The zero-order chi connectivity index (χ0) is 10.8. The van der Waals surface area contributed by atoms with Crippen LogP contribution in [0.2, 0.25) is 0 Å². The number of aryl methyl sites for hydroxylation is 1. The van der Waals surface area contributed by atoms with Gasteiger partial charge in [-0.3, -0.25) is 4.79 Å². The number of hydrogen-bond donors (Lipinski definition) is 0. The SMILES string of the molecule is CCOC(=O)Cc1csc2sc(C)cc12. The molecular formula is C11H12O2S2. The van der Waals surface area contributed by atoms with Crippen molar-refractivity contribution < 1.29 is 9.53 Å². The molecule has 0 unspecified atom stereocenters. The van der Waals surface area contributed by atoms with Gasteiger partial charge in [-0.1, -0.05) is 0 Å². The van der Waals surface area contributed by atoms with Crippen LogP contribution in [0.4, 0.5) is 0 Å². The molecule has 0 radical (unpaired) electrons. The van der Waals surface area contributed by atoms with E-state index in [4.69, 9.17) is 4.74 Å². The lowest BCUT2D eigenvalue weighted by molar-refractivity contribution is -0.142. The fourth-order valence-corrected chi connectivity index (χ4v) is 3.77. The number of fused-ring (bicyclic) bond motifs is 1. The number of carbonyl (C=O) groups excluding carboxylic acids is 1. The van der Waals surface area contributed by atoms with Crippen LogP contribution in [0.3, 0.4) is 0 Å². The van der Waals surface area contributed by atoms with E-state index in [1.165, 1.54) is 14.3 Å². The van der Waals surface area contributed by atoms with E-state index in [0.717, 1.165) is 5.56 Å². The Kier molecular flexibility index (Phi) is 3.07. The molecule has 0 aliphatic carbocycles. The summed E-state index contributed by atoms with van der Waals surface area (Å²) in [5, 5.41) is 3.27. The second kappa shape index (κ2) is 4.33. The highest BCUT2D eigenvalue weighted by Crippen LogP contribution is 2.33. The van der Waals surface area contributed by atoms with E-state index < -0.39 is 0 Å². The number of hydrogen-bond acceptors (Lipinski definition) is 4. The molecule has 0 N–H and O–H groups in total. The molecule has 80 valence electrons. The molecule has 0 aliphatic rings. The number of ether oxygens (including phenoxy) is 1. The van der Waals surface area contributed by atoms with Crippen molar-refractivity contribution in [2.24, 2.45) is 0 Å². The van der Waals surface area contributed by atoms with Crippen LogP contribution in [0.1, 0.15) is 17.4 Å². The molecule has 0 aromatic carbocycles. The highest BCUT2D eigenvalue weighted by atomic mass is 32.2. The molecule has 4 heteroatoms. The van der Waals surface area contributed by atoms with E-state index in [2.05, 4.69) is 18.4 Å². The van der Waals surface area contributed by atoms with E-state index in [1.54, 1.807) is 22.7 Å². The maximum atomic E-state index is 11.3. The fourth-order valence-electron chi connectivity index (χ4n) is 1.50. The Bertz CT molecular complexity index is 482. The highest BCUT2D eigenvalue weighted by Gasteiger charge is 2.11. The van der Waals surface area contributed by atoms with Crippen molar-refractivity contribution in [2.75, 3.05) is 6.61 Å². The number of esters is 1. The van der Waals surface area contributed by atoms with Gasteiger partial charge in [-0.15, -0.1) is 22.7 Å². The first-order valence-corrected chi connectivity index (χ1v) is 6.52. The van der Waals surface area contributed by atoms with Crippen LogP contribution in [-0.2, 0) is 16.0 Å². The minimum Gasteiger partial charge on any atom is -0.466 e. The summed E-state index contributed by atoms with van der Waals surface area (Å²) in [6, 6.07) is 2.14. The second-order valence-corrected chi connectivity index (χ2v) is 5.70. The van der Waals surface area contributed by atoms with Gasteiger partial charge in [0.25, 0.3) is 0 Å². The van der Waals surface area contributed by atoms with Gasteiger partial charge in [-0.2, -0.15) is 0 Å². The molecule has 0 amide bonds. The van der Waals surface area contributed by atoms with Crippen LogP contribution in [0.25, 0.3) is 9.40 Å². The van der Waals surface area contributed by atoms with Gasteiger partial charge >= 0.3 is 5.97 Å². The van der Waals surface area contributed by atoms with E-state index in [1.807, 2.05) is 6.92 Å². The van der Waals surface area contributed by atoms with Gasteiger partial charge in [0.15, 0.2) is 0 Å². The normalized spacial score (nSPS) is 10.8. The summed E-state index contributed by atoms with van der Waals surface area (Å²) in [4.78, 5) is 12.6. The van der Waals surface area contributed by atoms with Crippen LogP contribution in [-0.4, -0.2) is 12.6 Å². The molecule has 0 spiro atoms. The fraction of sp³-hybridized carbons (Fsp3) is 0.364. The molecule has 0 fully saturated rings. The van der Waals surface area contributed by atoms with Crippen LogP contribution in [0.5, 0.6) is 0 Å². The molecule has 2 nitrogen and oxygen atoms in total. The average molecular weight is 240 g/mol. The van der Waals surface area contributed by atoms with Crippen LogP contribution in [0, 0.1) is 6.92 Å². The maximum absolute atomic E-state index is 11.3. The predicted octanol–water partition coefficient (Wildman–Crippen LogP) is 3.38. The first-order valence-electron chi connectivity index (χ1n) is 4.83. The van der Waals surface area contributed by atoms with E-state index in [9.17, 15) is 4.79 Å². The maximum Gasteiger partial charge on any atom is 0.310 e. The second-order valence-electron chi connectivity index (χ2n) is 3.30. The van der Waals surface area contributed by atoms with E-state index in [0.29, 0.717) is 13.0 Å². The minimum atomic E-state index is -0.138. The Morgan fingerprint density at radius 3 is 3.07 bits per heavy atom. The molecular weight excluding hydrogens is 228 g/mol. The van der Waals surface area contributed by atoms with Crippen LogP contribution >= 0.6 is 22.7 Å². The van der Waals surface area contributed by atoms with Gasteiger partial charge in [0.2, 0.25) is 0 Å². The molecule has 15 heavy (non-hydrogen) atoms. The lowest BCUT2D eigenvalue weighted by atomic mass is 10.2. The van der Waals surface area contributed by atoms with Gasteiger partial charge in [0.1, 0.15) is 0 Å². The number of carbonyl (C=O) groups is 1. The third-order valence-electron chi connectivity index (χ3n) is 2.12. The topological polar surface area (TPSA) is 26.3 Å². The summed E-state index contributed by atoms with van der Waals surface area (Å²) in [5.41, 5.74) is 1.10. The van der Waals surface area contributed by atoms with E-state index in [-0.39, 0.29) is 5.97 Å². The van der Waals surface area contributed by atoms with Gasteiger partial charge in [0, 0.05) is 10.3 Å². The van der Waals surface area contributed by atoms with Crippen molar-refractivity contribution >= 4 is 38.0 Å². The first-order chi connectivity index (χ1) is 7.20. The Hall–Kier alpha value is -0.870. The Morgan fingerprint density at radius 2 is 2.33 bits per heavy atom.